The molecule has 0 fully saturated rings. The smallest absolute Gasteiger partial charge is 0.241 e. The predicted molar refractivity (Wildman–Crippen MR) is 101 cm³/mol. The summed E-state index contributed by atoms with van der Waals surface area (Å²) in [6.45, 7) is 1.90. The molecule has 26 heavy (non-hydrogen) atoms. The number of halogens is 1. The van der Waals surface area contributed by atoms with Crippen LogP contribution in [0.25, 0.3) is 0 Å². The van der Waals surface area contributed by atoms with Crippen LogP contribution in [0.4, 0.5) is 0 Å². The molecule has 0 radical (unpaired) electrons. The molecule has 2 aromatic rings. The zero-order valence-electron chi connectivity index (χ0n) is 14.8. The summed E-state index contributed by atoms with van der Waals surface area (Å²) in [5, 5.41) is 0.176. The van der Waals surface area contributed by atoms with Gasteiger partial charge >= 0.3 is 0 Å². The first kappa shape index (κ1) is 20.2. The second-order valence-electron chi connectivity index (χ2n) is 5.82. The van der Waals surface area contributed by atoms with Gasteiger partial charge in [0.15, 0.2) is 0 Å². The minimum Gasteiger partial charge on any atom is -0.495 e. The average Bonchev–Trinajstić information content (AvgIpc) is 2.61. The van der Waals surface area contributed by atoms with Crippen molar-refractivity contribution in [1.29, 1.82) is 0 Å². The number of hydrogen-bond donors (Lipinski definition) is 1. The van der Waals surface area contributed by atoms with Crippen LogP contribution in [-0.2, 0) is 21.4 Å². The van der Waals surface area contributed by atoms with Crippen LogP contribution in [0.5, 0.6) is 5.75 Å². The molecule has 0 aliphatic heterocycles. The Balaban J connectivity index is 2.08. The van der Waals surface area contributed by atoms with Crippen LogP contribution >= 0.6 is 11.6 Å². The Morgan fingerprint density at radius 3 is 2.46 bits per heavy atom. The van der Waals surface area contributed by atoms with Crippen molar-refractivity contribution < 1.29 is 17.9 Å². The van der Waals surface area contributed by atoms with Crippen LogP contribution in [-0.4, -0.2) is 39.4 Å². The average molecular weight is 397 g/mol. The van der Waals surface area contributed by atoms with Gasteiger partial charge in [-0.05, 0) is 30.7 Å². The normalized spacial score (nSPS) is 12.5. The van der Waals surface area contributed by atoms with E-state index in [1.54, 1.807) is 7.05 Å². The summed E-state index contributed by atoms with van der Waals surface area (Å²) >= 11 is 5.98. The van der Waals surface area contributed by atoms with Gasteiger partial charge in [-0.2, -0.15) is 4.72 Å². The van der Waals surface area contributed by atoms with E-state index in [1.807, 2.05) is 30.3 Å². The summed E-state index contributed by atoms with van der Waals surface area (Å²) in [6, 6.07) is 12.7. The molecule has 0 aliphatic carbocycles. The lowest BCUT2D eigenvalue weighted by molar-refractivity contribution is -0.131. The van der Waals surface area contributed by atoms with Gasteiger partial charge in [0, 0.05) is 13.6 Å². The molecule has 0 saturated carbocycles. The largest absolute Gasteiger partial charge is 0.495 e. The Labute approximate surface area is 158 Å². The standard InChI is InChI=1S/C18H21ClN2O4S/c1-13(18(22)21(2)12-14-7-5-4-6-8-14)20-26(23,24)15-9-10-17(25-3)16(19)11-15/h4-11,13,20H,12H2,1-3H3/t13-/m0/s1. The molecule has 2 rings (SSSR count). The van der Waals surface area contributed by atoms with Gasteiger partial charge in [0.2, 0.25) is 15.9 Å². The lowest BCUT2D eigenvalue weighted by atomic mass is 10.2. The number of ether oxygens (including phenoxy) is 1. The van der Waals surface area contributed by atoms with Gasteiger partial charge < -0.3 is 9.64 Å². The minimum absolute atomic E-state index is 0.0336. The van der Waals surface area contributed by atoms with Gasteiger partial charge in [-0.15, -0.1) is 0 Å². The zero-order chi connectivity index (χ0) is 19.3. The number of nitrogens with one attached hydrogen (secondary N) is 1. The fourth-order valence-electron chi connectivity index (χ4n) is 2.43. The molecule has 0 aromatic heterocycles. The van der Waals surface area contributed by atoms with E-state index in [0.717, 1.165) is 5.56 Å². The summed E-state index contributed by atoms with van der Waals surface area (Å²) in [5.41, 5.74) is 0.959. The molecule has 0 unspecified atom stereocenters. The molecular formula is C18H21ClN2O4S. The molecule has 1 amide bonds. The van der Waals surface area contributed by atoms with Gasteiger partial charge in [-0.3, -0.25) is 4.79 Å². The zero-order valence-corrected chi connectivity index (χ0v) is 16.3. The Hall–Kier alpha value is -2.09. The Morgan fingerprint density at radius 1 is 1.23 bits per heavy atom. The van der Waals surface area contributed by atoms with Crippen LogP contribution in [0.15, 0.2) is 53.4 Å². The first-order valence-electron chi connectivity index (χ1n) is 7.89. The fourth-order valence-corrected chi connectivity index (χ4v) is 3.98. The van der Waals surface area contributed by atoms with Crippen molar-refractivity contribution in [3.63, 3.8) is 0 Å². The van der Waals surface area contributed by atoms with Gasteiger partial charge in [-0.25, -0.2) is 8.42 Å². The van der Waals surface area contributed by atoms with Crippen molar-refractivity contribution in [3.05, 3.63) is 59.1 Å². The molecule has 2 aromatic carbocycles. The number of nitrogens with zero attached hydrogens (tertiary/aromatic N) is 1. The molecule has 0 bridgehead atoms. The van der Waals surface area contributed by atoms with Crippen LogP contribution in [0.3, 0.4) is 0 Å². The Morgan fingerprint density at radius 2 is 1.88 bits per heavy atom. The third-order valence-corrected chi connectivity index (χ3v) is 5.61. The molecule has 8 heteroatoms. The highest BCUT2D eigenvalue weighted by Crippen LogP contribution is 2.26. The lowest BCUT2D eigenvalue weighted by Crippen LogP contribution is -2.45. The van der Waals surface area contributed by atoms with E-state index < -0.39 is 16.1 Å². The van der Waals surface area contributed by atoms with Crippen LogP contribution in [0, 0.1) is 0 Å². The number of carbonyl (C=O) groups excluding carboxylic acids is 1. The Bertz CT molecular complexity index is 872. The monoisotopic (exact) mass is 396 g/mol. The maximum Gasteiger partial charge on any atom is 0.241 e. The number of benzene rings is 2. The van der Waals surface area contributed by atoms with E-state index in [0.29, 0.717) is 12.3 Å². The van der Waals surface area contributed by atoms with Crippen molar-refractivity contribution in [2.75, 3.05) is 14.2 Å². The van der Waals surface area contributed by atoms with E-state index in [-0.39, 0.29) is 15.8 Å². The highest BCUT2D eigenvalue weighted by Gasteiger charge is 2.25. The number of amides is 1. The molecule has 0 saturated heterocycles. The van der Waals surface area contributed by atoms with E-state index in [2.05, 4.69) is 4.72 Å². The third-order valence-electron chi connectivity index (χ3n) is 3.77. The van der Waals surface area contributed by atoms with Crippen LogP contribution in [0.2, 0.25) is 5.02 Å². The van der Waals surface area contributed by atoms with E-state index >= 15 is 0 Å². The highest BCUT2D eigenvalue weighted by atomic mass is 35.5. The summed E-state index contributed by atoms with van der Waals surface area (Å²) in [5.74, 6) is 0.0365. The van der Waals surface area contributed by atoms with E-state index in [1.165, 1.54) is 37.1 Å². The van der Waals surface area contributed by atoms with Crippen molar-refractivity contribution >= 4 is 27.5 Å². The van der Waals surface area contributed by atoms with Crippen LogP contribution in [0.1, 0.15) is 12.5 Å². The minimum atomic E-state index is -3.90. The van der Waals surface area contributed by atoms with Gasteiger partial charge in [0.05, 0.1) is 23.1 Å². The number of carbonyl (C=O) groups is 1. The molecule has 140 valence electrons. The number of rotatable bonds is 7. The quantitative estimate of drug-likeness (QED) is 0.780. The van der Waals surface area contributed by atoms with Crippen molar-refractivity contribution in [2.45, 2.75) is 24.4 Å². The second-order valence-corrected chi connectivity index (χ2v) is 7.94. The summed E-state index contributed by atoms with van der Waals surface area (Å²) in [7, 11) is -0.825. The molecule has 6 nitrogen and oxygen atoms in total. The SMILES string of the molecule is COc1ccc(S(=O)(=O)N[C@@H](C)C(=O)N(C)Cc2ccccc2)cc1Cl. The van der Waals surface area contributed by atoms with Crippen molar-refractivity contribution in [2.24, 2.45) is 0 Å². The number of methoxy groups -OCH3 is 1. The highest BCUT2D eigenvalue weighted by molar-refractivity contribution is 7.89. The molecule has 0 aliphatic rings. The third kappa shape index (κ3) is 4.97. The molecule has 0 heterocycles. The summed E-state index contributed by atoms with van der Waals surface area (Å²) in [6.07, 6.45) is 0. The number of hydrogen-bond acceptors (Lipinski definition) is 4. The molecule has 1 atom stereocenters. The molecular weight excluding hydrogens is 376 g/mol. The summed E-state index contributed by atoms with van der Waals surface area (Å²) in [4.78, 5) is 13.9. The number of sulfonamides is 1. The maximum absolute atomic E-state index is 12.5. The topological polar surface area (TPSA) is 75.7 Å². The summed E-state index contributed by atoms with van der Waals surface area (Å²) < 4.78 is 32.4. The van der Waals surface area contributed by atoms with Gasteiger partial charge in [-0.1, -0.05) is 41.9 Å². The van der Waals surface area contributed by atoms with Crippen molar-refractivity contribution in [3.8, 4) is 5.75 Å². The van der Waals surface area contributed by atoms with Gasteiger partial charge in [0.1, 0.15) is 5.75 Å². The first-order valence-corrected chi connectivity index (χ1v) is 9.75. The molecule has 0 spiro atoms. The lowest BCUT2D eigenvalue weighted by Gasteiger charge is -2.22. The Kier molecular flexibility index (Phi) is 6.63. The van der Waals surface area contributed by atoms with Gasteiger partial charge in [0.25, 0.3) is 0 Å². The van der Waals surface area contributed by atoms with E-state index in [9.17, 15) is 13.2 Å². The van der Waals surface area contributed by atoms with Crippen molar-refractivity contribution in [1.82, 2.24) is 9.62 Å². The molecule has 1 N–H and O–H groups in total. The number of likely N-dealkylation sites (N-methyl/N-ethyl adjacent to an activating group) is 1. The predicted octanol–water partition coefficient (Wildman–Crippen LogP) is 2.67. The van der Waals surface area contributed by atoms with E-state index in [4.69, 9.17) is 16.3 Å². The maximum atomic E-state index is 12.5. The first-order chi connectivity index (χ1) is 12.2. The van der Waals surface area contributed by atoms with Crippen LogP contribution < -0.4 is 9.46 Å². The fraction of sp³-hybridized carbons (Fsp3) is 0.278. The second kappa shape index (κ2) is 8.53.